The summed E-state index contributed by atoms with van der Waals surface area (Å²) in [4.78, 5) is 14.7. The summed E-state index contributed by atoms with van der Waals surface area (Å²) in [5.74, 6) is 0.932. The molecule has 1 aliphatic heterocycles. The zero-order valence-electron chi connectivity index (χ0n) is 15.8. The first kappa shape index (κ1) is 18.1. The summed E-state index contributed by atoms with van der Waals surface area (Å²) in [7, 11) is 1.67. The maximum absolute atomic E-state index is 12.9. The van der Waals surface area contributed by atoms with E-state index in [-0.39, 0.29) is 17.4 Å². The maximum atomic E-state index is 12.9. The number of ether oxygens (including phenoxy) is 1. The first-order chi connectivity index (χ1) is 13.7. The van der Waals surface area contributed by atoms with Gasteiger partial charge in [0.15, 0.2) is 11.4 Å². The maximum Gasteiger partial charge on any atom is 0.278 e. The number of amides is 1. The highest BCUT2D eigenvalue weighted by Gasteiger charge is 2.28. The van der Waals surface area contributed by atoms with Crippen molar-refractivity contribution >= 4 is 5.91 Å². The fourth-order valence-electron chi connectivity index (χ4n) is 3.69. The number of para-hydroxylation sites is 1. The van der Waals surface area contributed by atoms with E-state index in [0.29, 0.717) is 19.0 Å². The smallest absolute Gasteiger partial charge is 0.278 e. The summed E-state index contributed by atoms with van der Waals surface area (Å²) in [6.07, 6.45) is 3.23. The molecule has 6 heteroatoms. The lowest BCUT2D eigenvalue weighted by Crippen LogP contribution is -2.38. The number of hydrogen-bond donors (Lipinski definition) is 1. The molecule has 3 aromatic rings. The van der Waals surface area contributed by atoms with Gasteiger partial charge in [0.25, 0.3) is 5.91 Å². The molecule has 0 bridgehead atoms. The molecule has 0 atom stereocenters. The lowest BCUT2D eigenvalue weighted by Gasteiger charge is -2.32. The molecule has 1 N–H and O–H groups in total. The molecule has 6 nitrogen and oxygen atoms in total. The Kier molecular flexibility index (Phi) is 5.02. The van der Waals surface area contributed by atoms with Crippen LogP contribution in [0.5, 0.6) is 11.5 Å². The Bertz CT molecular complexity index is 960. The molecule has 144 valence electrons. The second-order valence-electron chi connectivity index (χ2n) is 6.99. The molecule has 0 spiro atoms. The van der Waals surface area contributed by atoms with Crippen molar-refractivity contribution in [3.8, 4) is 17.2 Å². The Morgan fingerprint density at radius 1 is 1.11 bits per heavy atom. The van der Waals surface area contributed by atoms with Crippen molar-refractivity contribution in [1.29, 1.82) is 0 Å². The van der Waals surface area contributed by atoms with Crippen molar-refractivity contribution in [3.05, 3.63) is 72.1 Å². The Labute approximate surface area is 164 Å². The number of likely N-dealkylation sites (tertiary alicyclic amines) is 1. The minimum Gasteiger partial charge on any atom is -0.504 e. The van der Waals surface area contributed by atoms with Crippen LogP contribution in [0.15, 0.2) is 60.8 Å². The summed E-state index contributed by atoms with van der Waals surface area (Å²) >= 11 is 0. The van der Waals surface area contributed by atoms with Crippen LogP contribution in [0.25, 0.3) is 5.69 Å². The van der Waals surface area contributed by atoms with Gasteiger partial charge in [0.1, 0.15) is 5.75 Å². The van der Waals surface area contributed by atoms with Gasteiger partial charge in [-0.1, -0.05) is 30.3 Å². The summed E-state index contributed by atoms with van der Waals surface area (Å²) in [5, 5.41) is 14.6. The lowest BCUT2D eigenvalue weighted by molar-refractivity contribution is 0.0703. The molecule has 0 radical (unpaired) electrons. The van der Waals surface area contributed by atoms with E-state index in [2.05, 4.69) is 17.2 Å². The van der Waals surface area contributed by atoms with E-state index in [9.17, 15) is 9.90 Å². The van der Waals surface area contributed by atoms with Crippen molar-refractivity contribution in [1.82, 2.24) is 14.7 Å². The monoisotopic (exact) mass is 377 g/mol. The largest absolute Gasteiger partial charge is 0.504 e. The SMILES string of the molecule is COc1cccc(C2CCN(C(=O)c3nn(-c4ccccc4)cc3O)CC2)c1. The third kappa shape index (κ3) is 3.58. The van der Waals surface area contributed by atoms with Gasteiger partial charge in [-0.2, -0.15) is 5.10 Å². The molecule has 1 saturated heterocycles. The van der Waals surface area contributed by atoms with E-state index in [0.717, 1.165) is 24.3 Å². The average Bonchev–Trinajstić information content (AvgIpc) is 3.15. The highest BCUT2D eigenvalue weighted by atomic mass is 16.5. The van der Waals surface area contributed by atoms with Crippen LogP contribution in [-0.4, -0.2) is 45.9 Å². The summed E-state index contributed by atoms with van der Waals surface area (Å²) in [5.41, 5.74) is 2.14. The minimum absolute atomic E-state index is 0.0937. The molecule has 2 heterocycles. The van der Waals surface area contributed by atoms with Crippen molar-refractivity contribution in [2.45, 2.75) is 18.8 Å². The van der Waals surface area contributed by atoms with Gasteiger partial charge in [-0.3, -0.25) is 4.79 Å². The molecule has 0 aliphatic carbocycles. The van der Waals surface area contributed by atoms with E-state index < -0.39 is 0 Å². The van der Waals surface area contributed by atoms with E-state index >= 15 is 0 Å². The quantitative estimate of drug-likeness (QED) is 0.754. The Morgan fingerprint density at radius 3 is 2.57 bits per heavy atom. The van der Waals surface area contributed by atoms with E-state index in [1.807, 2.05) is 42.5 Å². The molecular weight excluding hydrogens is 354 g/mol. The van der Waals surface area contributed by atoms with Crippen LogP contribution in [0.2, 0.25) is 0 Å². The topological polar surface area (TPSA) is 67.6 Å². The van der Waals surface area contributed by atoms with Crippen LogP contribution < -0.4 is 4.74 Å². The average molecular weight is 377 g/mol. The highest BCUT2D eigenvalue weighted by Crippen LogP contribution is 2.31. The van der Waals surface area contributed by atoms with Crippen LogP contribution in [0, 0.1) is 0 Å². The van der Waals surface area contributed by atoms with Crippen LogP contribution in [-0.2, 0) is 0 Å². The number of aromatic nitrogens is 2. The zero-order valence-corrected chi connectivity index (χ0v) is 15.8. The Balaban J connectivity index is 1.45. The van der Waals surface area contributed by atoms with Crippen molar-refractivity contribution in [3.63, 3.8) is 0 Å². The third-order valence-corrected chi connectivity index (χ3v) is 5.27. The van der Waals surface area contributed by atoms with E-state index in [4.69, 9.17) is 4.74 Å². The molecule has 4 rings (SSSR count). The van der Waals surface area contributed by atoms with Crippen LogP contribution in [0.1, 0.15) is 34.8 Å². The van der Waals surface area contributed by atoms with Crippen molar-refractivity contribution in [2.75, 3.05) is 20.2 Å². The van der Waals surface area contributed by atoms with Crippen LogP contribution >= 0.6 is 0 Å². The van der Waals surface area contributed by atoms with Gasteiger partial charge >= 0.3 is 0 Å². The van der Waals surface area contributed by atoms with Gasteiger partial charge in [0.05, 0.1) is 19.0 Å². The summed E-state index contributed by atoms with van der Waals surface area (Å²) in [6, 6.07) is 17.5. The fourth-order valence-corrected chi connectivity index (χ4v) is 3.69. The summed E-state index contributed by atoms with van der Waals surface area (Å²) in [6.45, 7) is 1.27. The van der Waals surface area contributed by atoms with Crippen LogP contribution in [0.3, 0.4) is 0 Å². The first-order valence-corrected chi connectivity index (χ1v) is 9.43. The molecule has 0 unspecified atom stereocenters. The molecule has 1 amide bonds. The predicted octanol–water partition coefficient (Wildman–Crippen LogP) is 3.61. The first-order valence-electron chi connectivity index (χ1n) is 9.43. The normalized spacial score (nSPS) is 14.8. The number of rotatable bonds is 4. The molecule has 1 aromatic heterocycles. The number of aromatic hydroxyl groups is 1. The zero-order chi connectivity index (χ0) is 19.5. The van der Waals surface area contributed by atoms with E-state index in [1.54, 1.807) is 12.0 Å². The molecule has 1 aliphatic rings. The standard InChI is InChI=1S/C22H23N3O3/c1-28-19-9-5-6-17(14-19)16-10-12-24(13-11-16)22(27)21-20(26)15-25(23-21)18-7-3-2-4-8-18/h2-9,14-16,26H,10-13H2,1H3. The van der Waals surface area contributed by atoms with Gasteiger partial charge in [-0.25, -0.2) is 4.68 Å². The molecule has 0 saturated carbocycles. The van der Waals surface area contributed by atoms with Crippen molar-refractivity contribution in [2.24, 2.45) is 0 Å². The predicted molar refractivity (Wildman–Crippen MR) is 106 cm³/mol. The molecule has 28 heavy (non-hydrogen) atoms. The molecule has 1 fully saturated rings. The van der Waals surface area contributed by atoms with Crippen LogP contribution in [0.4, 0.5) is 0 Å². The number of hydrogen-bond acceptors (Lipinski definition) is 4. The van der Waals surface area contributed by atoms with E-state index in [1.165, 1.54) is 16.4 Å². The second-order valence-corrected chi connectivity index (χ2v) is 6.99. The fraction of sp³-hybridized carbons (Fsp3) is 0.273. The minimum atomic E-state index is -0.226. The van der Waals surface area contributed by atoms with Gasteiger partial charge in [-0.05, 0) is 48.6 Å². The number of nitrogens with zero attached hydrogens (tertiary/aromatic N) is 3. The number of carbonyl (C=O) groups excluding carboxylic acids is 1. The van der Waals surface area contributed by atoms with Gasteiger partial charge in [0.2, 0.25) is 0 Å². The van der Waals surface area contributed by atoms with Crippen molar-refractivity contribution < 1.29 is 14.6 Å². The third-order valence-electron chi connectivity index (χ3n) is 5.27. The number of benzene rings is 2. The molecule has 2 aromatic carbocycles. The second kappa shape index (κ2) is 7.76. The number of piperidine rings is 1. The Morgan fingerprint density at radius 2 is 1.86 bits per heavy atom. The van der Waals surface area contributed by atoms with Gasteiger partial charge in [-0.15, -0.1) is 0 Å². The number of carbonyl (C=O) groups is 1. The van der Waals surface area contributed by atoms with Gasteiger partial charge in [0, 0.05) is 13.1 Å². The molecular formula is C22H23N3O3. The Hall–Kier alpha value is -3.28. The highest BCUT2D eigenvalue weighted by molar-refractivity contribution is 5.94. The number of methoxy groups -OCH3 is 1. The van der Waals surface area contributed by atoms with Gasteiger partial charge < -0.3 is 14.7 Å². The summed E-state index contributed by atoms with van der Waals surface area (Å²) < 4.78 is 6.85. The lowest BCUT2D eigenvalue weighted by atomic mass is 9.89.